The van der Waals surface area contributed by atoms with Gasteiger partial charge in [-0.1, -0.05) is 168 Å². The predicted molar refractivity (Wildman–Crippen MR) is 167 cm³/mol. The molecule has 0 aromatic heterocycles. The fourth-order valence-electron chi connectivity index (χ4n) is 5.45. The van der Waals surface area contributed by atoms with Crippen molar-refractivity contribution in [3.8, 4) is 0 Å². The lowest BCUT2D eigenvalue weighted by Crippen LogP contribution is -2.50. The Bertz CT molecular complexity index is 502. The summed E-state index contributed by atoms with van der Waals surface area (Å²) in [5.41, 5.74) is 0. The summed E-state index contributed by atoms with van der Waals surface area (Å²) in [6.07, 6.45) is 30.4. The Kier molecular flexibility index (Phi) is 29.8. The van der Waals surface area contributed by atoms with Crippen LogP contribution in [0.25, 0.3) is 0 Å². The van der Waals surface area contributed by atoms with Crippen LogP contribution in [-0.4, -0.2) is 46.1 Å². The second-order valence-electron chi connectivity index (χ2n) is 12.1. The molecule has 0 radical (unpaired) electrons. The van der Waals surface area contributed by atoms with E-state index in [1.165, 1.54) is 122 Å². The molecular formula is C34H69NO4. The van der Waals surface area contributed by atoms with Crippen LogP contribution < -0.4 is 5.32 Å². The average molecular weight is 556 g/mol. The maximum atomic E-state index is 12.3. The smallest absolute Gasteiger partial charge is 0.220 e. The van der Waals surface area contributed by atoms with E-state index in [9.17, 15) is 20.1 Å². The number of hydrogen-bond donors (Lipinski definition) is 4. The zero-order valence-corrected chi connectivity index (χ0v) is 26.3. The molecule has 0 heterocycles. The van der Waals surface area contributed by atoms with Gasteiger partial charge in [0, 0.05) is 6.42 Å². The second kappa shape index (κ2) is 30.3. The highest BCUT2D eigenvalue weighted by Crippen LogP contribution is 2.16. The van der Waals surface area contributed by atoms with Gasteiger partial charge in [-0.05, 0) is 12.8 Å². The topological polar surface area (TPSA) is 89.8 Å². The minimum absolute atomic E-state index is 0.145. The Morgan fingerprint density at radius 1 is 0.538 bits per heavy atom. The predicted octanol–water partition coefficient (Wildman–Crippen LogP) is 8.76. The number of rotatable bonds is 31. The Hall–Kier alpha value is -0.650. The maximum absolute atomic E-state index is 12.3. The lowest BCUT2D eigenvalue weighted by atomic mass is 9.99. The van der Waals surface area contributed by atoms with Gasteiger partial charge in [-0.15, -0.1) is 0 Å². The van der Waals surface area contributed by atoms with Gasteiger partial charge in [0.05, 0.1) is 18.8 Å². The monoisotopic (exact) mass is 556 g/mol. The molecule has 5 nitrogen and oxygen atoms in total. The third-order valence-corrected chi connectivity index (χ3v) is 8.21. The van der Waals surface area contributed by atoms with E-state index in [-0.39, 0.29) is 12.5 Å². The number of aliphatic hydroxyl groups is 3. The van der Waals surface area contributed by atoms with Gasteiger partial charge in [0.1, 0.15) is 6.10 Å². The van der Waals surface area contributed by atoms with Crippen LogP contribution in [0.3, 0.4) is 0 Å². The highest BCUT2D eigenvalue weighted by molar-refractivity contribution is 5.76. The SMILES string of the molecule is CCCCCCCCCCCCCCCC(=O)N[C@@H](CO)[C@H](O)[C@H](O)CCCCCCCCCCCCCC. The van der Waals surface area contributed by atoms with Gasteiger partial charge in [-0.3, -0.25) is 4.79 Å². The number of unbranched alkanes of at least 4 members (excludes halogenated alkanes) is 23. The van der Waals surface area contributed by atoms with Crippen LogP contribution in [0.15, 0.2) is 0 Å². The van der Waals surface area contributed by atoms with Crippen molar-refractivity contribution in [3.63, 3.8) is 0 Å². The van der Waals surface area contributed by atoms with Crippen molar-refractivity contribution >= 4 is 5.91 Å². The average Bonchev–Trinajstić information content (AvgIpc) is 2.94. The second-order valence-corrected chi connectivity index (χ2v) is 12.1. The van der Waals surface area contributed by atoms with E-state index >= 15 is 0 Å². The molecule has 5 heteroatoms. The summed E-state index contributed by atoms with van der Waals surface area (Å²) < 4.78 is 0. The number of amides is 1. The Labute approximate surface area is 243 Å². The molecule has 0 aliphatic carbocycles. The van der Waals surface area contributed by atoms with Crippen LogP contribution in [0.4, 0.5) is 0 Å². The fraction of sp³-hybridized carbons (Fsp3) is 0.971. The first-order chi connectivity index (χ1) is 19.1. The molecule has 1 amide bonds. The summed E-state index contributed by atoms with van der Waals surface area (Å²) in [5, 5.41) is 33.2. The zero-order valence-electron chi connectivity index (χ0n) is 26.3. The summed E-state index contributed by atoms with van der Waals surface area (Å²) in [6, 6.07) is -0.799. The Balaban J connectivity index is 3.69. The molecule has 4 N–H and O–H groups in total. The summed E-state index contributed by atoms with van der Waals surface area (Å²) in [5.74, 6) is -0.145. The third-order valence-electron chi connectivity index (χ3n) is 8.21. The molecule has 234 valence electrons. The van der Waals surface area contributed by atoms with Gasteiger partial charge in [-0.2, -0.15) is 0 Å². The van der Waals surface area contributed by atoms with Crippen molar-refractivity contribution in [1.82, 2.24) is 5.32 Å². The third kappa shape index (κ3) is 26.0. The largest absolute Gasteiger partial charge is 0.394 e. The molecule has 3 atom stereocenters. The van der Waals surface area contributed by atoms with Crippen molar-refractivity contribution in [2.24, 2.45) is 0 Å². The summed E-state index contributed by atoms with van der Waals surface area (Å²) in [6.45, 7) is 4.15. The highest BCUT2D eigenvalue weighted by atomic mass is 16.3. The van der Waals surface area contributed by atoms with Crippen LogP contribution >= 0.6 is 0 Å². The van der Waals surface area contributed by atoms with E-state index in [2.05, 4.69) is 19.2 Å². The maximum Gasteiger partial charge on any atom is 0.220 e. The first kappa shape index (κ1) is 38.4. The van der Waals surface area contributed by atoms with Gasteiger partial charge in [-0.25, -0.2) is 0 Å². The minimum atomic E-state index is -1.13. The fourth-order valence-corrected chi connectivity index (χ4v) is 5.45. The minimum Gasteiger partial charge on any atom is -0.394 e. The first-order valence-corrected chi connectivity index (χ1v) is 17.3. The normalized spacial score (nSPS) is 13.9. The molecule has 0 unspecified atom stereocenters. The number of hydrogen-bond acceptors (Lipinski definition) is 4. The van der Waals surface area contributed by atoms with E-state index in [1.807, 2.05) is 0 Å². The number of carbonyl (C=O) groups excluding carboxylic acids is 1. The molecule has 0 rings (SSSR count). The van der Waals surface area contributed by atoms with Crippen LogP contribution in [0, 0.1) is 0 Å². The van der Waals surface area contributed by atoms with Gasteiger partial charge in [0.2, 0.25) is 5.91 Å². The molecule has 0 aliphatic rings. The molecular weight excluding hydrogens is 486 g/mol. The van der Waals surface area contributed by atoms with Crippen molar-refractivity contribution in [3.05, 3.63) is 0 Å². The summed E-state index contributed by atoms with van der Waals surface area (Å²) in [7, 11) is 0. The number of aliphatic hydroxyl groups excluding tert-OH is 3. The molecule has 0 fully saturated rings. The van der Waals surface area contributed by atoms with E-state index < -0.39 is 18.2 Å². The molecule has 0 aliphatic heterocycles. The molecule has 39 heavy (non-hydrogen) atoms. The Morgan fingerprint density at radius 3 is 1.23 bits per heavy atom. The zero-order chi connectivity index (χ0) is 28.8. The molecule has 0 aromatic carbocycles. The van der Waals surface area contributed by atoms with Gasteiger partial charge < -0.3 is 20.6 Å². The number of carbonyl (C=O) groups is 1. The summed E-state index contributed by atoms with van der Waals surface area (Å²) in [4.78, 5) is 12.3. The summed E-state index contributed by atoms with van der Waals surface area (Å²) >= 11 is 0. The van der Waals surface area contributed by atoms with Crippen LogP contribution in [-0.2, 0) is 4.79 Å². The lowest BCUT2D eigenvalue weighted by Gasteiger charge is -2.26. The van der Waals surface area contributed by atoms with Crippen molar-refractivity contribution in [2.45, 2.75) is 205 Å². The van der Waals surface area contributed by atoms with Gasteiger partial charge in [0.15, 0.2) is 0 Å². The van der Waals surface area contributed by atoms with Crippen LogP contribution in [0.1, 0.15) is 187 Å². The molecule has 0 saturated carbocycles. The lowest BCUT2D eigenvalue weighted by molar-refractivity contribution is -0.124. The Morgan fingerprint density at radius 2 is 0.872 bits per heavy atom. The van der Waals surface area contributed by atoms with Gasteiger partial charge in [0.25, 0.3) is 0 Å². The van der Waals surface area contributed by atoms with E-state index in [0.717, 1.165) is 38.5 Å². The van der Waals surface area contributed by atoms with Crippen molar-refractivity contribution in [1.29, 1.82) is 0 Å². The molecule has 0 saturated heterocycles. The van der Waals surface area contributed by atoms with Gasteiger partial charge >= 0.3 is 0 Å². The molecule has 0 spiro atoms. The van der Waals surface area contributed by atoms with E-state index in [0.29, 0.717) is 12.8 Å². The van der Waals surface area contributed by atoms with Crippen molar-refractivity contribution in [2.75, 3.05) is 6.61 Å². The quantitative estimate of drug-likeness (QED) is 0.0644. The number of nitrogens with one attached hydrogen (secondary N) is 1. The van der Waals surface area contributed by atoms with Crippen LogP contribution in [0.5, 0.6) is 0 Å². The highest BCUT2D eigenvalue weighted by Gasteiger charge is 2.26. The molecule has 0 bridgehead atoms. The van der Waals surface area contributed by atoms with E-state index in [1.54, 1.807) is 0 Å². The van der Waals surface area contributed by atoms with Crippen molar-refractivity contribution < 1.29 is 20.1 Å². The standard InChI is InChI=1S/C34H69NO4/c1-3-5-7-9-11-13-15-17-19-21-23-25-27-29-33(38)35-31(30-36)34(39)32(37)28-26-24-22-20-18-16-14-12-10-8-6-4-2/h31-32,34,36-37,39H,3-30H2,1-2H3,(H,35,38)/t31-,32+,34-/m0/s1. The van der Waals surface area contributed by atoms with Crippen LogP contribution in [0.2, 0.25) is 0 Å². The first-order valence-electron chi connectivity index (χ1n) is 17.3. The molecule has 0 aromatic rings. The van der Waals surface area contributed by atoms with E-state index in [4.69, 9.17) is 0 Å².